The fourth-order valence-corrected chi connectivity index (χ4v) is 2.15. The molecule has 20 heavy (non-hydrogen) atoms. The van der Waals surface area contributed by atoms with Gasteiger partial charge >= 0.3 is 0 Å². The van der Waals surface area contributed by atoms with E-state index in [0.29, 0.717) is 23.1 Å². The van der Waals surface area contributed by atoms with E-state index in [4.69, 9.17) is 21.1 Å². The predicted molar refractivity (Wildman–Crippen MR) is 79.8 cm³/mol. The predicted octanol–water partition coefficient (Wildman–Crippen LogP) is 3.01. The van der Waals surface area contributed by atoms with E-state index in [0.717, 1.165) is 16.9 Å². The minimum Gasteiger partial charge on any atom is -0.495 e. The molecule has 0 fully saturated rings. The molecule has 0 saturated carbocycles. The lowest BCUT2D eigenvalue weighted by Crippen LogP contribution is -2.03. The lowest BCUT2D eigenvalue weighted by Gasteiger charge is -2.13. The van der Waals surface area contributed by atoms with Crippen molar-refractivity contribution in [3.63, 3.8) is 0 Å². The summed E-state index contributed by atoms with van der Waals surface area (Å²) in [5, 5.41) is 8.06. The van der Waals surface area contributed by atoms with Gasteiger partial charge in [0.2, 0.25) is 0 Å². The molecule has 0 saturated heterocycles. The zero-order chi connectivity index (χ0) is 14.7. The van der Waals surface area contributed by atoms with Gasteiger partial charge in [-0.3, -0.25) is 4.68 Å². The van der Waals surface area contributed by atoms with Crippen molar-refractivity contribution < 1.29 is 9.47 Å². The topological polar surface area (TPSA) is 48.3 Å². The summed E-state index contributed by atoms with van der Waals surface area (Å²) < 4.78 is 12.4. The molecule has 6 heteroatoms. The molecule has 0 atom stereocenters. The van der Waals surface area contributed by atoms with E-state index in [-0.39, 0.29) is 0 Å². The van der Waals surface area contributed by atoms with E-state index in [1.165, 1.54) is 0 Å². The van der Waals surface area contributed by atoms with E-state index in [2.05, 4.69) is 10.4 Å². The van der Waals surface area contributed by atoms with Crippen LogP contribution in [0.5, 0.6) is 11.5 Å². The van der Waals surface area contributed by atoms with E-state index in [9.17, 15) is 0 Å². The maximum absolute atomic E-state index is 6.14. The first-order valence-corrected chi connectivity index (χ1v) is 6.57. The van der Waals surface area contributed by atoms with Crippen molar-refractivity contribution in [2.45, 2.75) is 13.5 Å². The SMILES string of the molecule is COc1cc(OC)c(NCc2cnn(C)c2C)cc1Cl. The Balaban J connectivity index is 2.20. The van der Waals surface area contributed by atoms with Crippen LogP contribution < -0.4 is 14.8 Å². The Morgan fingerprint density at radius 3 is 2.50 bits per heavy atom. The van der Waals surface area contributed by atoms with Gasteiger partial charge in [0.25, 0.3) is 0 Å². The molecule has 0 radical (unpaired) electrons. The number of nitrogens with one attached hydrogen (secondary N) is 1. The second-order valence-electron chi connectivity index (χ2n) is 4.42. The molecule has 0 aliphatic rings. The van der Waals surface area contributed by atoms with Crippen LogP contribution in [-0.2, 0) is 13.6 Å². The maximum atomic E-state index is 6.14. The highest BCUT2D eigenvalue weighted by Gasteiger charge is 2.11. The zero-order valence-electron chi connectivity index (χ0n) is 12.0. The van der Waals surface area contributed by atoms with Crippen molar-refractivity contribution in [3.8, 4) is 11.5 Å². The standard InChI is InChI=1S/C14H18ClN3O2/c1-9-10(8-17-18(9)2)7-16-12-5-11(15)13(19-3)6-14(12)20-4/h5-6,8,16H,7H2,1-4H3. The third-order valence-electron chi connectivity index (χ3n) is 3.28. The number of hydrogen-bond donors (Lipinski definition) is 1. The highest BCUT2D eigenvalue weighted by molar-refractivity contribution is 6.32. The lowest BCUT2D eigenvalue weighted by atomic mass is 10.2. The minimum absolute atomic E-state index is 0.540. The van der Waals surface area contributed by atoms with Gasteiger partial charge in [-0.25, -0.2) is 0 Å². The number of benzene rings is 1. The van der Waals surface area contributed by atoms with Crippen molar-refractivity contribution in [1.29, 1.82) is 0 Å². The van der Waals surface area contributed by atoms with Crippen molar-refractivity contribution in [2.75, 3.05) is 19.5 Å². The van der Waals surface area contributed by atoms with Crippen LogP contribution >= 0.6 is 11.6 Å². The van der Waals surface area contributed by atoms with Gasteiger partial charge in [-0.15, -0.1) is 0 Å². The van der Waals surface area contributed by atoms with Gasteiger partial charge in [-0.1, -0.05) is 11.6 Å². The summed E-state index contributed by atoms with van der Waals surface area (Å²) in [6.45, 7) is 2.68. The Hall–Kier alpha value is -1.88. The van der Waals surface area contributed by atoms with E-state index in [1.807, 2.05) is 24.9 Å². The normalized spacial score (nSPS) is 10.4. The number of anilines is 1. The number of hydrogen-bond acceptors (Lipinski definition) is 4. The summed E-state index contributed by atoms with van der Waals surface area (Å²) in [6.07, 6.45) is 1.85. The number of nitrogens with zero attached hydrogens (tertiary/aromatic N) is 2. The molecular formula is C14H18ClN3O2. The number of halogens is 1. The second kappa shape index (κ2) is 6.05. The molecule has 5 nitrogen and oxygen atoms in total. The van der Waals surface area contributed by atoms with Crippen LogP contribution in [0.25, 0.3) is 0 Å². The fraction of sp³-hybridized carbons (Fsp3) is 0.357. The van der Waals surface area contributed by atoms with Crippen LogP contribution in [0.1, 0.15) is 11.3 Å². The largest absolute Gasteiger partial charge is 0.495 e. The molecule has 1 aromatic heterocycles. The minimum atomic E-state index is 0.540. The van der Waals surface area contributed by atoms with E-state index in [1.54, 1.807) is 26.4 Å². The van der Waals surface area contributed by atoms with Crippen molar-refractivity contribution in [2.24, 2.45) is 7.05 Å². The average Bonchev–Trinajstić information content (AvgIpc) is 2.76. The third kappa shape index (κ3) is 2.82. The number of aryl methyl sites for hydroxylation is 1. The molecule has 108 valence electrons. The number of rotatable bonds is 5. The van der Waals surface area contributed by atoms with Gasteiger partial charge in [-0.2, -0.15) is 5.10 Å². The van der Waals surface area contributed by atoms with Gasteiger partial charge in [-0.05, 0) is 13.0 Å². The fourth-order valence-electron chi connectivity index (χ4n) is 1.91. The van der Waals surface area contributed by atoms with Gasteiger partial charge in [0.15, 0.2) is 0 Å². The van der Waals surface area contributed by atoms with Crippen LogP contribution in [-0.4, -0.2) is 24.0 Å². The lowest BCUT2D eigenvalue weighted by molar-refractivity contribution is 0.395. The van der Waals surface area contributed by atoms with Crippen LogP contribution in [0.4, 0.5) is 5.69 Å². The monoisotopic (exact) mass is 295 g/mol. The third-order valence-corrected chi connectivity index (χ3v) is 3.58. The molecule has 0 aliphatic heterocycles. The number of aromatic nitrogens is 2. The molecule has 1 N–H and O–H groups in total. The Kier molecular flexibility index (Phi) is 4.39. The molecular weight excluding hydrogens is 278 g/mol. The molecule has 1 aromatic carbocycles. The second-order valence-corrected chi connectivity index (χ2v) is 4.83. The Bertz CT molecular complexity index is 611. The van der Waals surface area contributed by atoms with Gasteiger partial charge in [0.1, 0.15) is 11.5 Å². The Morgan fingerprint density at radius 1 is 1.25 bits per heavy atom. The van der Waals surface area contributed by atoms with Crippen molar-refractivity contribution in [1.82, 2.24) is 9.78 Å². The molecule has 2 rings (SSSR count). The highest BCUT2D eigenvalue weighted by Crippen LogP contribution is 2.36. The molecule has 2 aromatic rings. The van der Waals surface area contributed by atoms with Gasteiger partial charge in [0.05, 0.1) is 31.1 Å². The summed E-state index contributed by atoms with van der Waals surface area (Å²) in [4.78, 5) is 0. The van der Waals surface area contributed by atoms with E-state index < -0.39 is 0 Å². The first kappa shape index (κ1) is 14.5. The average molecular weight is 296 g/mol. The number of ether oxygens (including phenoxy) is 2. The summed E-state index contributed by atoms with van der Waals surface area (Å²) >= 11 is 6.14. The maximum Gasteiger partial charge on any atom is 0.145 e. The van der Waals surface area contributed by atoms with Gasteiger partial charge < -0.3 is 14.8 Å². The first-order chi connectivity index (χ1) is 9.56. The van der Waals surface area contributed by atoms with E-state index >= 15 is 0 Å². The molecule has 0 unspecified atom stereocenters. The van der Waals surface area contributed by atoms with Crippen molar-refractivity contribution in [3.05, 3.63) is 34.6 Å². The zero-order valence-corrected chi connectivity index (χ0v) is 12.8. The van der Waals surface area contributed by atoms with Crippen LogP contribution in [0, 0.1) is 6.92 Å². The molecule has 0 aliphatic carbocycles. The molecule has 0 spiro atoms. The quantitative estimate of drug-likeness (QED) is 0.921. The van der Waals surface area contributed by atoms with Gasteiger partial charge in [0, 0.05) is 30.9 Å². The molecule has 0 amide bonds. The summed E-state index contributed by atoms with van der Waals surface area (Å²) in [6, 6.07) is 3.56. The van der Waals surface area contributed by atoms with Crippen LogP contribution in [0.15, 0.2) is 18.3 Å². The Morgan fingerprint density at radius 2 is 1.95 bits per heavy atom. The molecule has 0 bridgehead atoms. The van der Waals surface area contributed by atoms with Crippen LogP contribution in [0.3, 0.4) is 0 Å². The highest BCUT2D eigenvalue weighted by atomic mass is 35.5. The van der Waals surface area contributed by atoms with Crippen LogP contribution in [0.2, 0.25) is 5.02 Å². The molecule has 1 heterocycles. The summed E-state index contributed by atoms with van der Waals surface area (Å²) in [7, 11) is 5.11. The first-order valence-electron chi connectivity index (χ1n) is 6.19. The summed E-state index contributed by atoms with van der Waals surface area (Å²) in [5.74, 6) is 1.28. The van der Waals surface area contributed by atoms with Crippen molar-refractivity contribution >= 4 is 17.3 Å². The summed E-state index contributed by atoms with van der Waals surface area (Å²) in [5.41, 5.74) is 3.07. The number of methoxy groups -OCH3 is 2. The smallest absolute Gasteiger partial charge is 0.145 e. The Labute approximate surface area is 123 Å².